The molecule has 2 rings (SSSR count). The van der Waals surface area contributed by atoms with Crippen LogP contribution in [0.2, 0.25) is 0 Å². The van der Waals surface area contributed by atoms with E-state index in [4.69, 9.17) is 4.99 Å². The molecule has 0 aromatic carbocycles. The molecule has 0 aliphatic carbocycles. The van der Waals surface area contributed by atoms with Crippen LogP contribution in [-0.2, 0) is 0 Å². The highest BCUT2D eigenvalue weighted by Gasteiger charge is 2.28. The monoisotopic (exact) mass is 447 g/mol. The lowest BCUT2D eigenvalue weighted by Gasteiger charge is -2.39. The molecular weight excluding hydrogens is 413 g/mol. The van der Waals surface area contributed by atoms with Gasteiger partial charge in [0.05, 0.1) is 12.4 Å². The molecule has 1 N–H and O–H groups in total. The predicted octanol–water partition coefficient (Wildman–Crippen LogP) is 3.93. The van der Waals surface area contributed by atoms with Crippen LogP contribution in [0.1, 0.15) is 58.9 Å². The average molecular weight is 447 g/mol. The van der Waals surface area contributed by atoms with E-state index in [9.17, 15) is 0 Å². The van der Waals surface area contributed by atoms with Crippen LogP contribution in [0.25, 0.3) is 0 Å². The van der Waals surface area contributed by atoms with Crippen molar-refractivity contribution >= 4 is 29.9 Å². The first-order valence-electron chi connectivity index (χ1n) is 9.27. The third kappa shape index (κ3) is 6.26. The molecular formula is C18H34IN5. The smallest absolute Gasteiger partial charge is 0.193 e. The van der Waals surface area contributed by atoms with Gasteiger partial charge in [0, 0.05) is 38.6 Å². The summed E-state index contributed by atoms with van der Waals surface area (Å²) in [5, 5.41) is 3.47. The summed E-state index contributed by atoms with van der Waals surface area (Å²) in [5.74, 6) is 1.76. The van der Waals surface area contributed by atoms with Gasteiger partial charge >= 0.3 is 0 Å². The van der Waals surface area contributed by atoms with Crippen molar-refractivity contribution in [3.05, 3.63) is 18.7 Å². The third-order valence-electron chi connectivity index (χ3n) is 4.73. The molecule has 2 unspecified atom stereocenters. The van der Waals surface area contributed by atoms with Gasteiger partial charge in [0.15, 0.2) is 5.96 Å². The Kier molecular flexibility index (Phi) is 10.4. The zero-order valence-electron chi connectivity index (χ0n) is 15.4. The van der Waals surface area contributed by atoms with Gasteiger partial charge < -0.3 is 14.8 Å². The molecule has 1 aromatic heterocycles. The Bertz CT molecular complexity index is 460. The molecule has 2 heterocycles. The second-order valence-electron chi connectivity index (χ2n) is 6.59. The van der Waals surface area contributed by atoms with Crippen molar-refractivity contribution in [1.29, 1.82) is 0 Å². The maximum absolute atomic E-state index is 4.86. The highest BCUT2D eigenvalue weighted by Crippen LogP contribution is 2.27. The van der Waals surface area contributed by atoms with E-state index >= 15 is 0 Å². The van der Waals surface area contributed by atoms with Gasteiger partial charge in [0.25, 0.3) is 0 Å². The topological polar surface area (TPSA) is 45.5 Å². The molecule has 0 amide bonds. The first-order chi connectivity index (χ1) is 11.3. The van der Waals surface area contributed by atoms with Crippen LogP contribution < -0.4 is 5.32 Å². The highest BCUT2D eigenvalue weighted by atomic mass is 127. The predicted molar refractivity (Wildman–Crippen MR) is 112 cm³/mol. The van der Waals surface area contributed by atoms with Gasteiger partial charge in [-0.15, -0.1) is 24.0 Å². The highest BCUT2D eigenvalue weighted by molar-refractivity contribution is 14.0. The Morgan fingerprint density at radius 1 is 1.29 bits per heavy atom. The van der Waals surface area contributed by atoms with E-state index < -0.39 is 0 Å². The van der Waals surface area contributed by atoms with Crippen LogP contribution in [0.4, 0.5) is 0 Å². The maximum atomic E-state index is 4.86. The van der Waals surface area contributed by atoms with Gasteiger partial charge in [-0.25, -0.2) is 4.98 Å². The van der Waals surface area contributed by atoms with Gasteiger partial charge in [0.2, 0.25) is 0 Å². The Balaban J connectivity index is 0.00000288. The summed E-state index contributed by atoms with van der Waals surface area (Å²) >= 11 is 0. The molecule has 1 fully saturated rings. The maximum Gasteiger partial charge on any atom is 0.193 e. The number of unbranched alkanes of at least 4 members (excludes halogenated alkanes) is 3. The number of likely N-dealkylation sites (tertiary alicyclic amines) is 1. The van der Waals surface area contributed by atoms with E-state index in [0.29, 0.717) is 12.0 Å². The Labute approximate surface area is 164 Å². The molecule has 24 heavy (non-hydrogen) atoms. The van der Waals surface area contributed by atoms with Crippen molar-refractivity contribution in [3.8, 4) is 0 Å². The van der Waals surface area contributed by atoms with Gasteiger partial charge in [-0.3, -0.25) is 4.99 Å². The third-order valence-corrected chi connectivity index (χ3v) is 4.73. The summed E-state index contributed by atoms with van der Waals surface area (Å²) in [6.45, 7) is 10.7. The summed E-state index contributed by atoms with van der Waals surface area (Å²) in [6, 6.07) is 0.482. The number of rotatable bonds is 7. The van der Waals surface area contributed by atoms with Crippen LogP contribution in [0, 0.1) is 5.92 Å². The van der Waals surface area contributed by atoms with Crippen LogP contribution in [0.15, 0.2) is 23.7 Å². The Morgan fingerprint density at radius 2 is 2.12 bits per heavy atom. The van der Waals surface area contributed by atoms with Gasteiger partial charge in [-0.1, -0.05) is 33.1 Å². The van der Waals surface area contributed by atoms with E-state index in [2.05, 4.69) is 46.7 Å². The second-order valence-corrected chi connectivity index (χ2v) is 6.59. The van der Waals surface area contributed by atoms with Crippen LogP contribution >= 0.6 is 24.0 Å². The minimum absolute atomic E-state index is 0. The van der Waals surface area contributed by atoms with Crippen LogP contribution in [0.5, 0.6) is 0 Å². The molecule has 2 atom stereocenters. The molecule has 0 saturated carbocycles. The number of nitrogens with one attached hydrogen (secondary N) is 1. The SMILES string of the molecule is CCCCCCN=C(NCC)N1CCC(C)C(n2ccnc2)C1.I. The summed E-state index contributed by atoms with van der Waals surface area (Å²) in [4.78, 5) is 11.5. The van der Waals surface area contributed by atoms with Crippen molar-refractivity contribution in [2.75, 3.05) is 26.2 Å². The number of hydrogen-bond donors (Lipinski definition) is 1. The van der Waals surface area contributed by atoms with Crippen molar-refractivity contribution < 1.29 is 0 Å². The standard InChI is InChI=1S/C18H33N5.HI/c1-4-6-7-8-10-21-18(20-5-2)22-12-9-16(3)17(14-22)23-13-11-19-15-23;/h11,13,15-17H,4-10,12,14H2,1-3H3,(H,20,21);1H. The van der Waals surface area contributed by atoms with Crippen molar-refractivity contribution in [1.82, 2.24) is 19.8 Å². The molecule has 138 valence electrons. The molecule has 0 radical (unpaired) electrons. The lowest BCUT2D eigenvalue weighted by molar-refractivity contribution is 0.189. The number of aromatic nitrogens is 2. The number of aliphatic imine (C=N–C) groups is 1. The first kappa shape index (κ1) is 21.3. The average Bonchev–Trinajstić information content (AvgIpc) is 3.08. The number of guanidine groups is 1. The van der Waals surface area contributed by atoms with E-state index in [1.165, 1.54) is 32.1 Å². The molecule has 1 aliphatic rings. The van der Waals surface area contributed by atoms with Crippen molar-refractivity contribution in [3.63, 3.8) is 0 Å². The fourth-order valence-electron chi connectivity index (χ4n) is 3.24. The lowest BCUT2D eigenvalue weighted by Crippen LogP contribution is -2.49. The number of hydrogen-bond acceptors (Lipinski definition) is 2. The van der Waals surface area contributed by atoms with E-state index in [-0.39, 0.29) is 24.0 Å². The fraction of sp³-hybridized carbons (Fsp3) is 0.778. The van der Waals surface area contributed by atoms with Crippen molar-refractivity contribution in [2.24, 2.45) is 10.9 Å². The van der Waals surface area contributed by atoms with Crippen LogP contribution in [0.3, 0.4) is 0 Å². The number of imidazole rings is 1. The Hall–Kier alpha value is -0.790. The molecule has 1 aromatic rings. The molecule has 6 heteroatoms. The fourth-order valence-corrected chi connectivity index (χ4v) is 3.24. The number of halogens is 1. The van der Waals surface area contributed by atoms with Gasteiger partial charge in [-0.2, -0.15) is 0 Å². The number of nitrogens with zero attached hydrogens (tertiary/aromatic N) is 4. The molecule has 5 nitrogen and oxygen atoms in total. The van der Waals surface area contributed by atoms with Gasteiger partial charge in [0.1, 0.15) is 0 Å². The second kappa shape index (κ2) is 11.7. The minimum Gasteiger partial charge on any atom is -0.357 e. The zero-order valence-corrected chi connectivity index (χ0v) is 17.8. The summed E-state index contributed by atoms with van der Waals surface area (Å²) in [6.07, 6.45) is 12.2. The number of piperidine rings is 1. The summed E-state index contributed by atoms with van der Waals surface area (Å²) in [7, 11) is 0. The molecule has 0 spiro atoms. The summed E-state index contributed by atoms with van der Waals surface area (Å²) < 4.78 is 2.25. The van der Waals surface area contributed by atoms with Crippen LogP contribution in [-0.4, -0.2) is 46.6 Å². The van der Waals surface area contributed by atoms with Crippen molar-refractivity contribution in [2.45, 2.75) is 58.9 Å². The summed E-state index contributed by atoms with van der Waals surface area (Å²) in [5.41, 5.74) is 0. The normalized spacial score (nSPS) is 21.5. The van der Waals surface area contributed by atoms with Gasteiger partial charge in [-0.05, 0) is 25.7 Å². The van der Waals surface area contributed by atoms with E-state index in [1.54, 1.807) is 0 Å². The molecule has 1 saturated heterocycles. The molecule has 1 aliphatic heterocycles. The minimum atomic E-state index is 0. The largest absolute Gasteiger partial charge is 0.357 e. The zero-order chi connectivity index (χ0) is 16.5. The lowest BCUT2D eigenvalue weighted by atomic mass is 9.93. The van der Waals surface area contributed by atoms with E-state index in [0.717, 1.165) is 32.1 Å². The quantitative estimate of drug-likeness (QED) is 0.298. The Morgan fingerprint density at radius 3 is 2.79 bits per heavy atom. The van der Waals surface area contributed by atoms with E-state index in [1.807, 2.05) is 12.5 Å². The molecule has 0 bridgehead atoms. The first-order valence-corrected chi connectivity index (χ1v) is 9.27.